The van der Waals surface area contributed by atoms with Crippen LogP contribution in [0.4, 0.5) is 5.69 Å². The molecule has 0 saturated heterocycles. The van der Waals surface area contributed by atoms with Gasteiger partial charge in [0, 0.05) is 17.2 Å². The quantitative estimate of drug-likeness (QED) is 0.520. The van der Waals surface area contributed by atoms with E-state index in [0.717, 1.165) is 0 Å². The predicted molar refractivity (Wildman–Crippen MR) is 76.0 cm³/mol. The average Bonchev–Trinajstić information content (AvgIpc) is 2.33. The number of nitrogens with one attached hydrogen (secondary N) is 1. The first-order chi connectivity index (χ1) is 9.60. The van der Waals surface area contributed by atoms with Crippen LogP contribution in [0.1, 0.15) is 36.7 Å². The van der Waals surface area contributed by atoms with Crippen LogP contribution in [0, 0.1) is 17.0 Å². The number of nitrogens with zero attached hydrogens (tertiary/aromatic N) is 1. The van der Waals surface area contributed by atoms with Gasteiger partial charge in [0.15, 0.2) is 6.61 Å². The Hall–Kier alpha value is -2.44. The van der Waals surface area contributed by atoms with E-state index in [-0.39, 0.29) is 11.3 Å². The Bertz CT molecular complexity index is 575. The lowest BCUT2D eigenvalue weighted by Gasteiger charge is -2.20. The predicted octanol–water partition coefficient (Wildman–Crippen LogP) is 1.97. The van der Waals surface area contributed by atoms with Crippen molar-refractivity contribution < 1.29 is 19.2 Å². The zero-order valence-corrected chi connectivity index (χ0v) is 12.4. The van der Waals surface area contributed by atoms with Crippen LogP contribution in [0.25, 0.3) is 0 Å². The first-order valence-electron chi connectivity index (χ1n) is 6.33. The van der Waals surface area contributed by atoms with Crippen molar-refractivity contribution in [1.29, 1.82) is 0 Å². The number of ether oxygens (including phenoxy) is 1. The minimum absolute atomic E-state index is 0.0722. The van der Waals surface area contributed by atoms with Crippen molar-refractivity contribution in [2.75, 3.05) is 6.61 Å². The molecule has 1 aromatic carbocycles. The van der Waals surface area contributed by atoms with E-state index in [0.29, 0.717) is 5.56 Å². The highest BCUT2D eigenvalue weighted by atomic mass is 16.6. The number of carbonyl (C=O) groups is 2. The number of esters is 1. The molecule has 1 rings (SSSR count). The molecular formula is C14H18N2O5. The summed E-state index contributed by atoms with van der Waals surface area (Å²) in [6, 6.07) is 3.90. The molecular weight excluding hydrogens is 276 g/mol. The van der Waals surface area contributed by atoms with Crippen LogP contribution in [0.3, 0.4) is 0 Å². The average molecular weight is 294 g/mol. The fourth-order valence-corrected chi connectivity index (χ4v) is 1.66. The fraction of sp³-hybridized carbons (Fsp3) is 0.429. The van der Waals surface area contributed by atoms with E-state index < -0.39 is 28.9 Å². The van der Waals surface area contributed by atoms with Crippen molar-refractivity contribution in [3.8, 4) is 0 Å². The zero-order chi connectivity index (χ0) is 16.2. The summed E-state index contributed by atoms with van der Waals surface area (Å²) < 4.78 is 4.87. The number of aryl methyl sites for hydroxylation is 1. The van der Waals surface area contributed by atoms with E-state index in [1.54, 1.807) is 0 Å². The van der Waals surface area contributed by atoms with Crippen LogP contribution in [0.15, 0.2) is 18.2 Å². The summed E-state index contributed by atoms with van der Waals surface area (Å²) in [4.78, 5) is 33.5. The van der Waals surface area contributed by atoms with E-state index >= 15 is 0 Å². The Morgan fingerprint density at radius 2 is 1.95 bits per heavy atom. The van der Waals surface area contributed by atoms with E-state index in [1.165, 1.54) is 25.1 Å². The minimum Gasteiger partial charge on any atom is -0.452 e. The smallest absolute Gasteiger partial charge is 0.338 e. The van der Waals surface area contributed by atoms with Gasteiger partial charge in [-0.2, -0.15) is 0 Å². The highest BCUT2D eigenvalue weighted by molar-refractivity contribution is 5.91. The topological polar surface area (TPSA) is 98.5 Å². The number of carbonyl (C=O) groups excluding carboxylic acids is 2. The molecule has 0 aliphatic heterocycles. The second-order valence-corrected chi connectivity index (χ2v) is 5.63. The van der Waals surface area contributed by atoms with Crippen molar-refractivity contribution in [1.82, 2.24) is 5.32 Å². The maximum atomic E-state index is 11.8. The van der Waals surface area contributed by atoms with Crippen molar-refractivity contribution in [2.45, 2.75) is 33.2 Å². The Balaban J connectivity index is 2.67. The van der Waals surface area contributed by atoms with Gasteiger partial charge in [0.25, 0.3) is 11.6 Å². The molecule has 0 radical (unpaired) electrons. The number of benzene rings is 1. The molecule has 7 heteroatoms. The maximum Gasteiger partial charge on any atom is 0.338 e. The maximum absolute atomic E-state index is 11.8. The summed E-state index contributed by atoms with van der Waals surface area (Å²) in [6.45, 7) is 6.57. The number of hydrogen-bond donors (Lipinski definition) is 1. The minimum atomic E-state index is -0.697. The van der Waals surface area contributed by atoms with Crippen LogP contribution < -0.4 is 5.32 Å². The molecule has 0 spiro atoms. The van der Waals surface area contributed by atoms with Gasteiger partial charge in [0.2, 0.25) is 0 Å². The Morgan fingerprint density at radius 1 is 1.33 bits per heavy atom. The molecule has 1 N–H and O–H groups in total. The van der Waals surface area contributed by atoms with Gasteiger partial charge in [-0.05, 0) is 39.8 Å². The Morgan fingerprint density at radius 3 is 2.43 bits per heavy atom. The van der Waals surface area contributed by atoms with Crippen molar-refractivity contribution in [3.05, 3.63) is 39.4 Å². The van der Waals surface area contributed by atoms with Crippen LogP contribution in [0.2, 0.25) is 0 Å². The molecule has 0 aliphatic carbocycles. The third-order valence-corrected chi connectivity index (χ3v) is 2.48. The van der Waals surface area contributed by atoms with Gasteiger partial charge in [-0.15, -0.1) is 0 Å². The van der Waals surface area contributed by atoms with E-state index in [1.807, 2.05) is 20.8 Å². The van der Waals surface area contributed by atoms with Gasteiger partial charge >= 0.3 is 5.97 Å². The fourth-order valence-electron chi connectivity index (χ4n) is 1.66. The Labute approximate surface area is 122 Å². The third-order valence-electron chi connectivity index (χ3n) is 2.48. The summed E-state index contributed by atoms with van der Waals surface area (Å²) in [5.41, 5.74) is 0.0419. The summed E-state index contributed by atoms with van der Waals surface area (Å²) in [7, 11) is 0. The van der Waals surface area contributed by atoms with E-state index in [9.17, 15) is 19.7 Å². The highest BCUT2D eigenvalue weighted by Crippen LogP contribution is 2.19. The van der Waals surface area contributed by atoms with Gasteiger partial charge in [-0.25, -0.2) is 4.79 Å². The SMILES string of the molecule is Cc1cc(C(=O)OCC(=O)NC(C)(C)C)ccc1[N+](=O)[O-]. The summed E-state index contributed by atoms with van der Waals surface area (Å²) >= 11 is 0. The molecule has 1 aromatic rings. The van der Waals surface area contributed by atoms with Crippen molar-refractivity contribution in [2.24, 2.45) is 0 Å². The largest absolute Gasteiger partial charge is 0.452 e. The number of rotatable bonds is 4. The lowest BCUT2D eigenvalue weighted by atomic mass is 10.1. The summed E-state index contributed by atoms with van der Waals surface area (Å²) in [5.74, 6) is -1.11. The molecule has 0 fully saturated rings. The van der Waals surface area contributed by atoms with Crippen molar-refractivity contribution >= 4 is 17.6 Å². The molecule has 21 heavy (non-hydrogen) atoms. The number of amides is 1. The molecule has 0 saturated carbocycles. The lowest BCUT2D eigenvalue weighted by molar-refractivity contribution is -0.385. The van der Waals surface area contributed by atoms with Gasteiger partial charge in [0.1, 0.15) is 0 Å². The van der Waals surface area contributed by atoms with Crippen molar-refractivity contribution in [3.63, 3.8) is 0 Å². The molecule has 0 atom stereocenters. The molecule has 114 valence electrons. The van der Waals surface area contributed by atoms with Gasteiger partial charge in [-0.3, -0.25) is 14.9 Å². The molecule has 0 bridgehead atoms. The normalized spacial score (nSPS) is 10.9. The standard InChI is InChI=1S/C14H18N2O5/c1-9-7-10(5-6-11(9)16(19)20)13(18)21-8-12(17)15-14(2,3)4/h5-7H,8H2,1-4H3,(H,15,17). The van der Waals surface area contributed by atoms with Gasteiger partial charge < -0.3 is 10.1 Å². The second kappa shape index (κ2) is 6.34. The second-order valence-electron chi connectivity index (χ2n) is 5.63. The van der Waals surface area contributed by atoms with Crippen LogP contribution in [0.5, 0.6) is 0 Å². The Kier molecular flexibility index (Phi) is 5.02. The first kappa shape index (κ1) is 16.6. The molecule has 0 unspecified atom stereocenters. The lowest BCUT2D eigenvalue weighted by Crippen LogP contribution is -2.42. The van der Waals surface area contributed by atoms with Crippen LogP contribution >= 0.6 is 0 Å². The summed E-state index contributed by atoms with van der Waals surface area (Å²) in [5, 5.41) is 13.3. The third kappa shape index (κ3) is 5.21. The van der Waals surface area contributed by atoms with Gasteiger partial charge in [0.05, 0.1) is 10.5 Å². The number of nitro benzene ring substituents is 1. The molecule has 0 heterocycles. The van der Waals surface area contributed by atoms with Crippen LogP contribution in [-0.4, -0.2) is 28.9 Å². The van der Waals surface area contributed by atoms with Crippen LogP contribution in [-0.2, 0) is 9.53 Å². The molecule has 7 nitrogen and oxygen atoms in total. The van der Waals surface area contributed by atoms with E-state index in [2.05, 4.69) is 5.32 Å². The monoisotopic (exact) mass is 294 g/mol. The highest BCUT2D eigenvalue weighted by Gasteiger charge is 2.17. The summed E-state index contributed by atoms with van der Waals surface area (Å²) in [6.07, 6.45) is 0. The zero-order valence-electron chi connectivity index (χ0n) is 12.4. The number of nitro groups is 1. The van der Waals surface area contributed by atoms with Gasteiger partial charge in [-0.1, -0.05) is 0 Å². The van der Waals surface area contributed by atoms with E-state index in [4.69, 9.17) is 4.74 Å². The first-order valence-corrected chi connectivity index (χ1v) is 6.33. The molecule has 1 amide bonds. The number of hydrogen-bond acceptors (Lipinski definition) is 5. The molecule has 0 aromatic heterocycles. The molecule has 0 aliphatic rings.